The monoisotopic (exact) mass is 348 g/mol. The molecule has 0 amide bonds. The van der Waals surface area contributed by atoms with Crippen LogP contribution in [0.3, 0.4) is 0 Å². The van der Waals surface area contributed by atoms with Gasteiger partial charge in [0.25, 0.3) is 0 Å². The molecule has 0 aliphatic rings. The van der Waals surface area contributed by atoms with Gasteiger partial charge in [0.1, 0.15) is 22.9 Å². The zero-order valence-corrected chi connectivity index (χ0v) is 14.1. The van der Waals surface area contributed by atoms with Crippen molar-refractivity contribution in [2.75, 3.05) is 16.2 Å². The number of nitrogens with zero attached hydrogens (tertiary/aromatic N) is 1. The van der Waals surface area contributed by atoms with Crippen LogP contribution in [-0.4, -0.2) is 9.54 Å². The number of aromatic nitrogens is 1. The standard InChI is InChI=1S/C19H16N4OS/c20-15-3-1-5-17(13-15)23-25(24)18-11-8-14(9-12-18)7-10-16-4-2-6-19(21)22-16/h1-6,8-9,11-13,23H,20H2,(H2,21,22). The number of anilines is 3. The van der Waals surface area contributed by atoms with Gasteiger partial charge in [-0.1, -0.05) is 18.1 Å². The van der Waals surface area contributed by atoms with Gasteiger partial charge in [0, 0.05) is 11.3 Å². The molecule has 25 heavy (non-hydrogen) atoms. The molecule has 1 unspecified atom stereocenters. The number of rotatable bonds is 3. The fourth-order valence-corrected chi connectivity index (χ4v) is 2.93. The normalized spacial score (nSPS) is 11.2. The molecule has 2 aromatic carbocycles. The largest absolute Gasteiger partial charge is 0.588 e. The van der Waals surface area contributed by atoms with E-state index in [9.17, 15) is 4.55 Å². The summed E-state index contributed by atoms with van der Waals surface area (Å²) in [5, 5.41) is 0. The molecule has 5 nitrogen and oxygen atoms in total. The van der Waals surface area contributed by atoms with Gasteiger partial charge in [-0.05, 0) is 60.5 Å². The Morgan fingerprint density at radius 3 is 2.40 bits per heavy atom. The first-order valence-electron chi connectivity index (χ1n) is 7.49. The quantitative estimate of drug-likeness (QED) is 0.384. The van der Waals surface area contributed by atoms with Gasteiger partial charge in [-0.2, -0.15) is 0 Å². The Bertz CT molecular complexity index is 932. The Morgan fingerprint density at radius 2 is 1.68 bits per heavy atom. The molecule has 0 spiro atoms. The summed E-state index contributed by atoms with van der Waals surface area (Å²) in [5.41, 5.74) is 14.1. The molecule has 0 bridgehead atoms. The van der Waals surface area contributed by atoms with Gasteiger partial charge >= 0.3 is 0 Å². The second kappa shape index (κ2) is 7.62. The first-order chi connectivity index (χ1) is 12.1. The second-order valence-corrected chi connectivity index (χ2v) is 6.43. The number of benzene rings is 2. The molecule has 124 valence electrons. The van der Waals surface area contributed by atoms with Crippen molar-refractivity contribution < 1.29 is 4.55 Å². The van der Waals surface area contributed by atoms with E-state index in [4.69, 9.17) is 11.5 Å². The van der Waals surface area contributed by atoms with Crippen LogP contribution in [0.15, 0.2) is 71.6 Å². The molecule has 1 aromatic heterocycles. The molecule has 0 aliphatic heterocycles. The topological polar surface area (TPSA) is 100 Å². The first kappa shape index (κ1) is 16.7. The van der Waals surface area contributed by atoms with E-state index in [1.807, 2.05) is 18.2 Å². The fraction of sp³-hybridized carbons (Fsp3) is 0. The molecule has 1 heterocycles. The van der Waals surface area contributed by atoms with E-state index in [1.54, 1.807) is 48.5 Å². The zero-order valence-electron chi connectivity index (χ0n) is 13.3. The Labute approximate surface area is 149 Å². The van der Waals surface area contributed by atoms with Gasteiger partial charge in [0.15, 0.2) is 4.90 Å². The van der Waals surface area contributed by atoms with Crippen molar-refractivity contribution >= 4 is 28.6 Å². The van der Waals surface area contributed by atoms with Crippen LogP contribution in [0.25, 0.3) is 0 Å². The van der Waals surface area contributed by atoms with Crippen LogP contribution in [0.4, 0.5) is 17.2 Å². The predicted molar refractivity (Wildman–Crippen MR) is 102 cm³/mol. The van der Waals surface area contributed by atoms with Crippen molar-refractivity contribution in [3.05, 3.63) is 78.0 Å². The minimum absolute atomic E-state index is 0.435. The third-order valence-corrected chi connectivity index (χ3v) is 4.39. The van der Waals surface area contributed by atoms with Gasteiger partial charge in [-0.3, -0.25) is 0 Å². The van der Waals surface area contributed by atoms with Crippen LogP contribution in [0.2, 0.25) is 0 Å². The van der Waals surface area contributed by atoms with E-state index >= 15 is 0 Å². The lowest BCUT2D eigenvalue weighted by molar-refractivity contribution is 0.600. The summed E-state index contributed by atoms with van der Waals surface area (Å²) in [6.45, 7) is 0. The highest BCUT2D eigenvalue weighted by Gasteiger charge is 2.11. The lowest BCUT2D eigenvalue weighted by Crippen LogP contribution is -2.13. The van der Waals surface area contributed by atoms with E-state index in [0.29, 0.717) is 27.8 Å². The molecular weight excluding hydrogens is 332 g/mol. The maximum absolute atomic E-state index is 12.4. The van der Waals surface area contributed by atoms with E-state index in [0.717, 1.165) is 5.56 Å². The fourth-order valence-electron chi connectivity index (χ4n) is 2.09. The predicted octanol–water partition coefficient (Wildman–Crippen LogP) is 2.78. The first-order valence-corrected chi connectivity index (χ1v) is 8.64. The van der Waals surface area contributed by atoms with Gasteiger partial charge in [0.2, 0.25) is 0 Å². The molecule has 3 rings (SSSR count). The van der Waals surface area contributed by atoms with Crippen molar-refractivity contribution in [2.24, 2.45) is 0 Å². The maximum atomic E-state index is 12.4. The van der Waals surface area contributed by atoms with Crippen LogP contribution >= 0.6 is 0 Å². The van der Waals surface area contributed by atoms with Gasteiger partial charge in [-0.25, -0.2) is 9.71 Å². The summed E-state index contributed by atoms with van der Waals surface area (Å²) in [6.07, 6.45) is 0. The molecule has 0 fully saturated rings. The third-order valence-electron chi connectivity index (χ3n) is 3.27. The summed E-state index contributed by atoms with van der Waals surface area (Å²) in [5.74, 6) is 6.39. The van der Waals surface area contributed by atoms with Gasteiger partial charge in [0.05, 0.1) is 5.69 Å². The number of pyridine rings is 1. The van der Waals surface area contributed by atoms with E-state index < -0.39 is 11.4 Å². The highest BCUT2D eigenvalue weighted by Crippen LogP contribution is 2.18. The highest BCUT2D eigenvalue weighted by molar-refractivity contribution is 7.92. The minimum Gasteiger partial charge on any atom is -0.588 e. The molecule has 0 aliphatic carbocycles. The number of hydrogen-bond acceptors (Lipinski definition) is 5. The zero-order chi connectivity index (χ0) is 17.6. The van der Waals surface area contributed by atoms with E-state index in [1.165, 1.54) is 0 Å². The molecule has 1 atom stereocenters. The summed E-state index contributed by atoms with van der Waals surface area (Å²) in [6, 6.07) is 19.6. The van der Waals surface area contributed by atoms with Crippen molar-refractivity contribution in [1.29, 1.82) is 0 Å². The second-order valence-electron chi connectivity index (χ2n) is 5.22. The van der Waals surface area contributed by atoms with Crippen molar-refractivity contribution in [3.63, 3.8) is 0 Å². The molecule has 6 heteroatoms. The number of hydrogen-bond donors (Lipinski definition) is 3. The summed E-state index contributed by atoms with van der Waals surface area (Å²) in [7, 11) is 0. The Morgan fingerprint density at radius 1 is 0.920 bits per heavy atom. The maximum Gasteiger partial charge on any atom is 0.180 e. The highest BCUT2D eigenvalue weighted by atomic mass is 32.2. The molecule has 5 N–H and O–H groups in total. The van der Waals surface area contributed by atoms with Crippen molar-refractivity contribution in [2.45, 2.75) is 4.90 Å². The van der Waals surface area contributed by atoms with Crippen LogP contribution in [0.5, 0.6) is 0 Å². The minimum atomic E-state index is -1.38. The lowest BCUT2D eigenvalue weighted by Gasteiger charge is -2.11. The molecule has 0 radical (unpaired) electrons. The van der Waals surface area contributed by atoms with Gasteiger partial charge < -0.3 is 16.0 Å². The third kappa shape index (κ3) is 4.67. The van der Waals surface area contributed by atoms with Crippen LogP contribution in [0, 0.1) is 11.8 Å². The summed E-state index contributed by atoms with van der Waals surface area (Å²) >= 11 is -1.38. The molecule has 0 saturated carbocycles. The van der Waals surface area contributed by atoms with Crippen LogP contribution in [-0.2, 0) is 11.4 Å². The molecule has 3 aromatic rings. The molecule has 0 saturated heterocycles. The summed E-state index contributed by atoms with van der Waals surface area (Å²) < 4.78 is 15.3. The number of nitrogen functional groups attached to an aromatic ring is 2. The van der Waals surface area contributed by atoms with Crippen LogP contribution in [0.1, 0.15) is 11.3 Å². The van der Waals surface area contributed by atoms with Crippen molar-refractivity contribution in [1.82, 2.24) is 4.98 Å². The van der Waals surface area contributed by atoms with E-state index in [-0.39, 0.29) is 0 Å². The Hall–Kier alpha value is -3.14. The van der Waals surface area contributed by atoms with Gasteiger partial charge in [-0.15, -0.1) is 0 Å². The van der Waals surface area contributed by atoms with Crippen LogP contribution < -0.4 is 16.2 Å². The Balaban J connectivity index is 1.70. The average Bonchev–Trinajstić information content (AvgIpc) is 2.60. The molecular formula is C19H16N4OS. The number of nitrogens with one attached hydrogen (secondary N) is 1. The smallest absolute Gasteiger partial charge is 0.180 e. The number of nitrogens with two attached hydrogens (primary N) is 2. The van der Waals surface area contributed by atoms with E-state index in [2.05, 4.69) is 21.5 Å². The average molecular weight is 348 g/mol. The lowest BCUT2D eigenvalue weighted by atomic mass is 10.2. The Kier molecular flexibility index (Phi) is 5.09. The summed E-state index contributed by atoms with van der Waals surface area (Å²) in [4.78, 5) is 4.77. The SMILES string of the molecule is Nc1cccc(N[S+]([O-])c2ccc(C#Cc3cccc(N)n3)cc2)c1. The van der Waals surface area contributed by atoms with Crippen molar-refractivity contribution in [3.8, 4) is 11.8 Å².